The first-order chi connectivity index (χ1) is 8.30. The van der Waals surface area contributed by atoms with Crippen LogP contribution >= 0.6 is 0 Å². The smallest absolute Gasteiger partial charge is 0.313 e. The maximum absolute atomic E-state index is 11.7. The predicted octanol–water partition coefficient (Wildman–Crippen LogP) is 3.11. The summed E-state index contributed by atoms with van der Waals surface area (Å²) in [6.07, 6.45) is 6.68. The fraction of sp³-hybridized carbons (Fsp3) is 0.533. The van der Waals surface area contributed by atoms with Crippen molar-refractivity contribution in [1.29, 1.82) is 0 Å². The molecule has 3 rings (SSSR count). The molecule has 1 aliphatic heterocycles. The van der Waals surface area contributed by atoms with Gasteiger partial charge >= 0.3 is 5.97 Å². The molecule has 0 amide bonds. The minimum Gasteiger partial charge on any atom is -0.458 e. The maximum Gasteiger partial charge on any atom is 0.313 e. The van der Waals surface area contributed by atoms with E-state index in [1.165, 1.54) is 24.8 Å². The third kappa shape index (κ3) is 1.86. The van der Waals surface area contributed by atoms with Gasteiger partial charge < -0.3 is 4.74 Å². The molecule has 1 aromatic rings. The van der Waals surface area contributed by atoms with Crippen molar-refractivity contribution in [2.24, 2.45) is 5.92 Å². The molecule has 90 valence electrons. The lowest BCUT2D eigenvalue weighted by atomic mass is 9.69. The van der Waals surface area contributed by atoms with E-state index in [2.05, 4.69) is 12.1 Å². The first-order valence-corrected chi connectivity index (χ1v) is 6.57. The Balaban J connectivity index is 1.75. The Morgan fingerprint density at radius 2 is 1.82 bits per heavy atom. The van der Waals surface area contributed by atoms with Gasteiger partial charge in [0.05, 0.1) is 0 Å². The molecule has 0 N–H and O–H groups in total. The van der Waals surface area contributed by atoms with E-state index < -0.39 is 0 Å². The SMILES string of the molecule is O=C1OC2(CCCCC2)[C@@H]1Cc1ccccc1. The van der Waals surface area contributed by atoms with Gasteiger partial charge in [0.2, 0.25) is 0 Å². The molecule has 1 aromatic carbocycles. The molecular formula is C15H18O2. The molecule has 2 fully saturated rings. The molecule has 0 aromatic heterocycles. The minimum atomic E-state index is -0.106. The zero-order valence-corrected chi connectivity index (χ0v) is 10.0. The van der Waals surface area contributed by atoms with E-state index in [-0.39, 0.29) is 17.5 Å². The Morgan fingerprint density at radius 3 is 2.47 bits per heavy atom. The van der Waals surface area contributed by atoms with Crippen LogP contribution in [-0.4, -0.2) is 11.6 Å². The number of esters is 1. The fourth-order valence-electron chi connectivity index (χ4n) is 3.22. The average Bonchev–Trinajstić information content (AvgIpc) is 2.39. The highest BCUT2D eigenvalue weighted by atomic mass is 16.6. The normalized spacial score (nSPS) is 26.4. The van der Waals surface area contributed by atoms with Crippen LogP contribution in [0.4, 0.5) is 0 Å². The molecule has 1 aliphatic carbocycles. The van der Waals surface area contributed by atoms with Gasteiger partial charge in [0, 0.05) is 0 Å². The molecule has 1 spiro atoms. The van der Waals surface area contributed by atoms with E-state index in [9.17, 15) is 4.79 Å². The number of ether oxygens (including phenoxy) is 1. The summed E-state index contributed by atoms with van der Waals surface area (Å²) in [6, 6.07) is 10.3. The second kappa shape index (κ2) is 4.17. The summed E-state index contributed by atoms with van der Waals surface area (Å²) in [4.78, 5) is 11.7. The van der Waals surface area contributed by atoms with E-state index in [0.717, 1.165) is 19.3 Å². The Bertz CT molecular complexity index is 404. The molecule has 17 heavy (non-hydrogen) atoms. The van der Waals surface area contributed by atoms with Crippen molar-refractivity contribution in [3.63, 3.8) is 0 Å². The highest BCUT2D eigenvalue weighted by Crippen LogP contribution is 2.46. The Kier molecular flexibility index (Phi) is 2.65. The first-order valence-electron chi connectivity index (χ1n) is 6.57. The summed E-state index contributed by atoms with van der Waals surface area (Å²) < 4.78 is 5.51. The third-order valence-corrected chi connectivity index (χ3v) is 4.21. The van der Waals surface area contributed by atoms with Crippen molar-refractivity contribution in [3.05, 3.63) is 35.9 Å². The largest absolute Gasteiger partial charge is 0.458 e. The molecule has 0 unspecified atom stereocenters. The lowest BCUT2D eigenvalue weighted by Crippen LogP contribution is -2.59. The molecular weight excluding hydrogens is 212 g/mol. The Labute approximate surface area is 102 Å². The van der Waals surface area contributed by atoms with E-state index in [0.29, 0.717) is 0 Å². The van der Waals surface area contributed by atoms with Gasteiger partial charge in [-0.1, -0.05) is 36.8 Å². The Morgan fingerprint density at radius 1 is 1.12 bits per heavy atom. The summed E-state index contributed by atoms with van der Waals surface area (Å²) in [5, 5.41) is 0. The van der Waals surface area contributed by atoms with Gasteiger partial charge in [-0.3, -0.25) is 4.79 Å². The zero-order valence-electron chi connectivity index (χ0n) is 10.0. The summed E-state index contributed by atoms with van der Waals surface area (Å²) in [5.74, 6) is 0.112. The van der Waals surface area contributed by atoms with Gasteiger partial charge in [-0.2, -0.15) is 0 Å². The van der Waals surface area contributed by atoms with Gasteiger partial charge in [-0.25, -0.2) is 0 Å². The minimum absolute atomic E-state index is 0.00996. The number of carbonyl (C=O) groups is 1. The molecule has 0 bridgehead atoms. The highest BCUT2D eigenvalue weighted by Gasteiger charge is 2.55. The number of carbonyl (C=O) groups excluding carboxylic acids is 1. The molecule has 1 saturated carbocycles. The molecule has 1 saturated heterocycles. The van der Waals surface area contributed by atoms with Crippen molar-refractivity contribution in [2.45, 2.75) is 44.1 Å². The maximum atomic E-state index is 11.7. The number of hydrogen-bond acceptors (Lipinski definition) is 2. The predicted molar refractivity (Wildman–Crippen MR) is 65.5 cm³/mol. The van der Waals surface area contributed by atoms with Crippen LogP contribution in [0.1, 0.15) is 37.7 Å². The van der Waals surface area contributed by atoms with Crippen LogP contribution < -0.4 is 0 Å². The molecule has 0 radical (unpaired) electrons. The summed E-state index contributed by atoms with van der Waals surface area (Å²) in [7, 11) is 0. The molecule has 2 heteroatoms. The molecule has 1 heterocycles. The fourth-order valence-corrected chi connectivity index (χ4v) is 3.22. The van der Waals surface area contributed by atoms with E-state index in [1.54, 1.807) is 0 Å². The van der Waals surface area contributed by atoms with Crippen molar-refractivity contribution in [2.75, 3.05) is 0 Å². The van der Waals surface area contributed by atoms with Crippen LogP contribution in [0.2, 0.25) is 0 Å². The van der Waals surface area contributed by atoms with Gasteiger partial charge in [0.15, 0.2) is 0 Å². The van der Waals surface area contributed by atoms with E-state index >= 15 is 0 Å². The third-order valence-electron chi connectivity index (χ3n) is 4.21. The summed E-state index contributed by atoms with van der Waals surface area (Å²) in [5.41, 5.74) is 1.14. The lowest BCUT2D eigenvalue weighted by molar-refractivity contribution is -0.220. The monoisotopic (exact) mass is 230 g/mol. The molecule has 2 aliphatic rings. The van der Waals surface area contributed by atoms with Crippen molar-refractivity contribution in [3.8, 4) is 0 Å². The first kappa shape index (κ1) is 10.8. The van der Waals surface area contributed by atoms with Crippen molar-refractivity contribution in [1.82, 2.24) is 0 Å². The zero-order chi connectivity index (χ0) is 11.7. The molecule has 2 nitrogen and oxygen atoms in total. The highest BCUT2D eigenvalue weighted by molar-refractivity contribution is 5.80. The second-order valence-electron chi connectivity index (χ2n) is 5.29. The topological polar surface area (TPSA) is 26.3 Å². The van der Waals surface area contributed by atoms with E-state index in [4.69, 9.17) is 4.74 Å². The van der Waals surface area contributed by atoms with Crippen LogP contribution in [-0.2, 0) is 16.0 Å². The van der Waals surface area contributed by atoms with E-state index in [1.807, 2.05) is 18.2 Å². The lowest BCUT2D eigenvalue weighted by Gasteiger charge is -2.50. The summed E-state index contributed by atoms with van der Waals surface area (Å²) >= 11 is 0. The standard InChI is InChI=1S/C15H18O2/c16-14-13(11-12-7-3-1-4-8-12)15(17-14)9-5-2-6-10-15/h1,3-4,7-8,13H,2,5-6,9-11H2/t13-/m1/s1. The van der Waals surface area contributed by atoms with Crippen molar-refractivity contribution >= 4 is 5.97 Å². The van der Waals surface area contributed by atoms with Crippen LogP contribution in [0.5, 0.6) is 0 Å². The quantitative estimate of drug-likeness (QED) is 0.730. The molecule has 1 atom stereocenters. The van der Waals surface area contributed by atoms with Gasteiger partial charge in [0.25, 0.3) is 0 Å². The van der Waals surface area contributed by atoms with Crippen LogP contribution in [0.3, 0.4) is 0 Å². The van der Waals surface area contributed by atoms with Crippen LogP contribution in [0.15, 0.2) is 30.3 Å². The number of benzene rings is 1. The van der Waals surface area contributed by atoms with Crippen molar-refractivity contribution < 1.29 is 9.53 Å². The number of hydrogen-bond donors (Lipinski definition) is 0. The van der Waals surface area contributed by atoms with Crippen LogP contribution in [0, 0.1) is 5.92 Å². The summed E-state index contributed by atoms with van der Waals surface area (Å²) in [6.45, 7) is 0. The Hall–Kier alpha value is -1.31. The van der Waals surface area contributed by atoms with Gasteiger partial charge in [-0.15, -0.1) is 0 Å². The number of rotatable bonds is 2. The second-order valence-corrected chi connectivity index (χ2v) is 5.29. The van der Waals surface area contributed by atoms with Gasteiger partial charge in [-0.05, 0) is 37.7 Å². The van der Waals surface area contributed by atoms with Crippen LogP contribution in [0.25, 0.3) is 0 Å². The van der Waals surface area contributed by atoms with Gasteiger partial charge in [0.1, 0.15) is 11.5 Å². The average molecular weight is 230 g/mol.